The average Bonchev–Trinajstić information content (AvgIpc) is 2.51. The van der Waals surface area contributed by atoms with Crippen molar-refractivity contribution < 1.29 is 9.59 Å². The van der Waals surface area contributed by atoms with Gasteiger partial charge in [-0.1, -0.05) is 107 Å². The topological polar surface area (TPSA) is 34.1 Å². The second kappa shape index (κ2) is 7.46. The molecule has 0 N–H and O–H groups in total. The van der Waals surface area contributed by atoms with Gasteiger partial charge in [-0.05, 0) is 21.7 Å². The van der Waals surface area contributed by atoms with Gasteiger partial charge in [0.05, 0.1) is 0 Å². The van der Waals surface area contributed by atoms with Crippen LogP contribution in [0.2, 0.25) is 0 Å². The van der Waals surface area contributed by atoms with Gasteiger partial charge in [0.1, 0.15) is 0 Å². The van der Waals surface area contributed by atoms with Crippen LogP contribution in [0.1, 0.15) is 83.1 Å². The quantitative estimate of drug-likeness (QED) is 0.455. The van der Waals surface area contributed by atoms with Gasteiger partial charge in [-0.3, -0.25) is 9.59 Å². The lowest BCUT2D eigenvalue weighted by molar-refractivity contribution is -0.116. The Morgan fingerprint density at radius 3 is 0.967 bits per heavy atom. The van der Waals surface area contributed by atoms with Gasteiger partial charge in [0.15, 0.2) is 11.6 Å². The van der Waals surface area contributed by atoms with E-state index in [0.29, 0.717) is 11.1 Å². The molecule has 0 amide bonds. The molecular weight excluding hydrogens is 368 g/mol. The second-order valence-electron chi connectivity index (χ2n) is 13.3. The van der Waals surface area contributed by atoms with Gasteiger partial charge in [0.2, 0.25) is 0 Å². The van der Waals surface area contributed by atoms with E-state index in [0.717, 1.165) is 11.1 Å². The summed E-state index contributed by atoms with van der Waals surface area (Å²) in [6, 6.07) is 0. The highest BCUT2D eigenvalue weighted by atomic mass is 16.1. The normalized spacial score (nSPS) is 24.3. The fourth-order valence-corrected chi connectivity index (χ4v) is 4.01. The Kier molecular flexibility index (Phi) is 6.11. The van der Waals surface area contributed by atoms with E-state index in [1.807, 2.05) is 12.2 Å². The summed E-state index contributed by atoms with van der Waals surface area (Å²) in [7, 11) is 0. The lowest BCUT2D eigenvalue weighted by atomic mass is 9.65. The number of rotatable bonds is 1. The average molecular weight is 411 g/mol. The molecule has 2 atom stereocenters. The summed E-state index contributed by atoms with van der Waals surface area (Å²) >= 11 is 0. The predicted molar refractivity (Wildman–Crippen MR) is 127 cm³/mol. The zero-order chi connectivity index (χ0) is 23.4. The first-order valence-electron chi connectivity index (χ1n) is 11.2. The van der Waals surface area contributed by atoms with Gasteiger partial charge in [-0.15, -0.1) is 0 Å². The first-order chi connectivity index (χ1) is 13.2. The van der Waals surface area contributed by atoms with Crippen LogP contribution in [0.25, 0.3) is 0 Å². The molecule has 0 bridgehead atoms. The van der Waals surface area contributed by atoms with E-state index in [2.05, 4.69) is 95.2 Å². The van der Waals surface area contributed by atoms with Crippen molar-refractivity contribution in [2.75, 3.05) is 0 Å². The van der Waals surface area contributed by atoms with Crippen LogP contribution in [0.3, 0.4) is 0 Å². The van der Waals surface area contributed by atoms with E-state index < -0.39 is 0 Å². The Balaban J connectivity index is 2.72. The third-order valence-corrected chi connectivity index (χ3v) is 6.27. The Morgan fingerprint density at radius 2 is 0.767 bits per heavy atom. The van der Waals surface area contributed by atoms with E-state index in [-0.39, 0.29) is 45.1 Å². The van der Waals surface area contributed by atoms with Crippen molar-refractivity contribution in [1.82, 2.24) is 0 Å². The standard InChI is InChI=1S/C28H42O2/c1-25(2,3)17-13-19(23(29)21(15-17)27(7,8)9)20-14-18(26(4,5)6)16-22(24(20)30)28(10,11)12/h13-18H,1-12H3. The minimum absolute atomic E-state index is 0.00502. The zero-order valence-electron chi connectivity index (χ0n) is 21.3. The lowest BCUT2D eigenvalue weighted by Crippen LogP contribution is -2.33. The van der Waals surface area contributed by atoms with Crippen LogP contribution in [0.15, 0.2) is 46.6 Å². The molecule has 0 aromatic heterocycles. The summed E-state index contributed by atoms with van der Waals surface area (Å²) in [5.74, 6) is 0.214. The fourth-order valence-electron chi connectivity index (χ4n) is 4.01. The van der Waals surface area contributed by atoms with Crippen LogP contribution < -0.4 is 0 Å². The summed E-state index contributed by atoms with van der Waals surface area (Å²) in [4.78, 5) is 27.3. The molecule has 166 valence electrons. The molecule has 0 spiro atoms. The monoisotopic (exact) mass is 410 g/mol. The molecule has 30 heavy (non-hydrogen) atoms. The van der Waals surface area contributed by atoms with Crippen LogP contribution in [0.4, 0.5) is 0 Å². The molecule has 0 saturated carbocycles. The SMILES string of the molecule is CC(C)(C)C1=CC(C(C)(C)C)C=C(C2=CC(C(C)(C)C)C=C(C(C)(C)C)C2=O)C1=O. The van der Waals surface area contributed by atoms with E-state index in [9.17, 15) is 9.59 Å². The highest BCUT2D eigenvalue weighted by Gasteiger charge is 2.40. The molecule has 2 rings (SSSR count). The Hall–Kier alpha value is -1.70. The highest BCUT2D eigenvalue weighted by molar-refractivity contribution is 6.24. The van der Waals surface area contributed by atoms with Crippen molar-refractivity contribution in [3.63, 3.8) is 0 Å². The van der Waals surface area contributed by atoms with Gasteiger partial charge in [0, 0.05) is 34.1 Å². The highest BCUT2D eigenvalue weighted by Crippen LogP contribution is 2.45. The van der Waals surface area contributed by atoms with Gasteiger partial charge in [-0.2, -0.15) is 0 Å². The number of hydrogen-bond donors (Lipinski definition) is 0. The fraction of sp³-hybridized carbons (Fsp3) is 0.643. The molecule has 2 unspecified atom stereocenters. The summed E-state index contributed by atoms with van der Waals surface area (Å²) in [5.41, 5.74) is 2.20. The zero-order valence-corrected chi connectivity index (χ0v) is 21.3. The Morgan fingerprint density at radius 1 is 0.500 bits per heavy atom. The van der Waals surface area contributed by atoms with E-state index >= 15 is 0 Å². The number of ketones is 2. The van der Waals surface area contributed by atoms with E-state index in [4.69, 9.17) is 0 Å². The van der Waals surface area contributed by atoms with Crippen LogP contribution in [0, 0.1) is 33.5 Å². The van der Waals surface area contributed by atoms with Crippen LogP contribution in [0.5, 0.6) is 0 Å². The minimum atomic E-state index is -0.273. The van der Waals surface area contributed by atoms with Gasteiger partial charge in [0.25, 0.3) is 0 Å². The number of hydrogen-bond acceptors (Lipinski definition) is 2. The van der Waals surface area contributed by atoms with Crippen LogP contribution in [-0.4, -0.2) is 11.6 Å². The first kappa shape index (κ1) is 24.6. The third kappa shape index (κ3) is 4.95. The molecule has 0 radical (unpaired) electrons. The van der Waals surface area contributed by atoms with Crippen LogP contribution >= 0.6 is 0 Å². The van der Waals surface area contributed by atoms with Gasteiger partial charge < -0.3 is 0 Å². The van der Waals surface area contributed by atoms with E-state index in [1.54, 1.807) is 0 Å². The van der Waals surface area contributed by atoms with Crippen molar-refractivity contribution in [3.8, 4) is 0 Å². The van der Waals surface area contributed by atoms with Gasteiger partial charge in [-0.25, -0.2) is 0 Å². The summed E-state index contributed by atoms with van der Waals surface area (Å²) in [6.07, 6.45) is 8.35. The minimum Gasteiger partial charge on any atom is -0.289 e. The molecule has 0 heterocycles. The maximum absolute atomic E-state index is 13.7. The maximum Gasteiger partial charge on any atom is 0.189 e. The molecular formula is C28H42O2. The second-order valence-corrected chi connectivity index (χ2v) is 13.3. The molecule has 0 fully saturated rings. The number of allylic oxidation sites excluding steroid dienone is 8. The summed E-state index contributed by atoms with van der Waals surface area (Å²) < 4.78 is 0. The number of carbonyl (C=O) groups is 2. The molecule has 2 aliphatic rings. The van der Waals surface area contributed by atoms with Crippen molar-refractivity contribution >= 4 is 11.6 Å². The van der Waals surface area contributed by atoms with Crippen molar-refractivity contribution in [2.45, 2.75) is 83.1 Å². The van der Waals surface area contributed by atoms with Crippen molar-refractivity contribution in [2.24, 2.45) is 33.5 Å². The van der Waals surface area contributed by atoms with Crippen molar-refractivity contribution in [3.05, 3.63) is 46.6 Å². The van der Waals surface area contributed by atoms with Crippen molar-refractivity contribution in [1.29, 1.82) is 0 Å². The smallest absolute Gasteiger partial charge is 0.189 e. The van der Waals surface area contributed by atoms with E-state index in [1.165, 1.54) is 0 Å². The maximum atomic E-state index is 13.7. The molecule has 2 aliphatic carbocycles. The summed E-state index contributed by atoms with van der Waals surface area (Å²) in [5, 5.41) is 0. The molecule has 0 aliphatic heterocycles. The van der Waals surface area contributed by atoms with Gasteiger partial charge >= 0.3 is 0 Å². The van der Waals surface area contributed by atoms with Crippen LogP contribution in [-0.2, 0) is 9.59 Å². The Labute approximate surface area is 184 Å². The lowest BCUT2D eigenvalue weighted by Gasteiger charge is -2.37. The largest absolute Gasteiger partial charge is 0.289 e. The summed E-state index contributed by atoms with van der Waals surface area (Å²) in [6.45, 7) is 25.6. The third-order valence-electron chi connectivity index (χ3n) is 6.27. The molecule has 0 aromatic rings. The molecule has 0 saturated heterocycles. The first-order valence-corrected chi connectivity index (χ1v) is 11.2. The number of Topliss-reactive ketones (excluding diaryl/α,β-unsaturated/α-hetero) is 2. The predicted octanol–water partition coefficient (Wildman–Crippen LogP) is 7.27. The Bertz CT molecular complexity index is 786. The molecule has 2 nitrogen and oxygen atoms in total. The molecule has 2 heteroatoms. The number of carbonyl (C=O) groups excluding carboxylic acids is 2. The molecule has 0 aromatic carbocycles.